The largest absolute Gasteiger partial charge is 0.355 e. The highest BCUT2D eigenvalue weighted by molar-refractivity contribution is 5.76. The van der Waals surface area contributed by atoms with E-state index in [1.54, 1.807) is 0 Å². The standard InChI is InChI=1S/C13H28N2O/c1-10(8-13(3,4)5)7-12(16)15-9-11(2)14-6/h10-11,14H,7-9H2,1-6H3,(H,15,16). The van der Waals surface area contributed by atoms with Gasteiger partial charge in [0.05, 0.1) is 0 Å². The molecule has 2 N–H and O–H groups in total. The molecular formula is C13H28N2O. The zero-order valence-corrected chi connectivity index (χ0v) is 11.7. The van der Waals surface area contributed by atoms with E-state index in [9.17, 15) is 4.79 Å². The molecule has 1 amide bonds. The van der Waals surface area contributed by atoms with Crippen molar-refractivity contribution in [1.82, 2.24) is 10.6 Å². The zero-order chi connectivity index (χ0) is 12.8. The summed E-state index contributed by atoms with van der Waals surface area (Å²) in [6.07, 6.45) is 1.72. The summed E-state index contributed by atoms with van der Waals surface area (Å²) in [6.45, 7) is 11.5. The van der Waals surface area contributed by atoms with Gasteiger partial charge in [-0.05, 0) is 31.7 Å². The molecular weight excluding hydrogens is 200 g/mol. The summed E-state index contributed by atoms with van der Waals surface area (Å²) in [5.41, 5.74) is 0.304. The number of nitrogens with one attached hydrogen (secondary N) is 2. The topological polar surface area (TPSA) is 41.1 Å². The molecule has 3 heteroatoms. The van der Waals surface area contributed by atoms with E-state index in [-0.39, 0.29) is 5.91 Å². The lowest BCUT2D eigenvalue weighted by Gasteiger charge is -2.23. The average molecular weight is 228 g/mol. The van der Waals surface area contributed by atoms with Gasteiger partial charge in [-0.25, -0.2) is 0 Å². The first-order valence-corrected chi connectivity index (χ1v) is 6.18. The van der Waals surface area contributed by atoms with Crippen LogP contribution in [-0.4, -0.2) is 25.5 Å². The van der Waals surface area contributed by atoms with Gasteiger partial charge < -0.3 is 10.6 Å². The fourth-order valence-electron chi connectivity index (χ4n) is 1.88. The molecule has 0 heterocycles. The van der Waals surface area contributed by atoms with Crippen molar-refractivity contribution in [2.45, 2.75) is 53.5 Å². The quantitative estimate of drug-likeness (QED) is 0.731. The van der Waals surface area contributed by atoms with Crippen molar-refractivity contribution in [3.05, 3.63) is 0 Å². The summed E-state index contributed by atoms with van der Waals surface area (Å²) in [6, 6.07) is 0.335. The van der Waals surface area contributed by atoms with E-state index in [4.69, 9.17) is 0 Å². The maximum atomic E-state index is 11.6. The maximum absolute atomic E-state index is 11.6. The molecule has 0 aliphatic carbocycles. The molecule has 0 fully saturated rings. The van der Waals surface area contributed by atoms with E-state index >= 15 is 0 Å². The molecule has 2 atom stereocenters. The van der Waals surface area contributed by atoms with Gasteiger partial charge >= 0.3 is 0 Å². The van der Waals surface area contributed by atoms with Gasteiger partial charge in [0.15, 0.2) is 0 Å². The van der Waals surface area contributed by atoms with Gasteiger partial charge in [-0.2, -0.15) is 0 Å². The summed E-state index contributed by atoms with van der Waals surface area (Å²) >= 11 is 0. The van der Waals surface area contributed by atoms with E-state index < -0.39 is 0 Å². The third kappa shape index (κ3) is 8.72. The smallest absolute Gasteiger partial charge is 0.220 e. The number of hydrogen-bond donors (Lipinski definition) is 2. The van der Waals surface area contributed by atoms with Crippen LogP contribution in [0.5, 0.6) is 0 Å². The van der Waals surface area contributed by atoms with Crippen LogP contribution in [0, 0.1) is 11.3 Å². The molecule has 0 spiro atoms. The maximum Gasteiger partial charge on any atom is 0.220 e. The molecule has 0 rings (SSSR count). The Hall–Kier alpha value is -0.570. The van der Waals surface area contributed by atoms with Crippen LogP contribution in [0.15, 0.2) is 0 Å². The molecule has 2 unspecified atom stereocenters. The van der Waals surface area contributed by atoms with Crippen molar-refractivity contribution >= 4 is 5.91 Å². The van der Waals surface area contributed by atoms with E-state index in [0.717, 1.165) is 6.42 Å². The van der Waals surface area contributed by atoms with Crippen molar-refractivity contribution in [2.24, 2.45) is 11.3 Å². The summed E-state index contributed by atoms with van der Waals surface area (Å²) in [5, 5.41) is 6.05. The molecule has 0 aromatic heterocycles. The van der Waals surface area contributed by atoms with Crippen LogP contribution in [0.25, 0.3) is 0 Å². The summed E-state index contributed by atoms with van der Waals surface area (Å²) in [4.78, 5) is 11.6. The molecule has 0 radical (unpaired) electrons. The predicted octanol–water partition coefficient (Wildman–Crippen LogP) is 2.17. The monoisotopic (exact) mass is 228 g/mol. The summed E-state index contributed by atoms with van der Waals surface area (Å²) < 4.78 is 0. The first kappa shape index (κ1) is 15.4. The van der Waals surface area contributed by atoms with Gasteiger partial charge in [0.2, 0.25) is 5.91 Å². The number of amides is 1. The van der Waals surface area contributed by atoms with Crippen molar-refractivity contribution in [3.63, 3.8) is 0 Å². The predicted molar refractivity (Wildman–Crippen MR) is 69.4 cm³/mol. The van der Waals surface area contributed by atoms with Crippen LogP contribution in [0.2, 0.25) is 0 Å². The Kier molecular flexibility index (Phi) is 6.65. The SMILES string of the molecule is CNC(C)CNC(=O)CC(C)CC(C)(C)C. The number of likely N-dealkylation sites (N-methyl/N-ethyl adjacent to an activating group) is 1. The molecule has 0 aliphatic rings. The first-order valence-electron chi connectivity index (χ1n) is 6.18. The average Bonchev–Trinajstić information content (AvgIpc) is 2.10. The second-order valence-electron chi connectivity index (χ2n) is 6.07. The van der Waals surface area contributed by atoms with Gasteiger partial charge in [0.25, 0.3) is 0 Å². The van der Waals surface area contributed by atoms with Gasteiger partial charge in [0, 0.05) is 19.0 Å². The Morgan fingerprint density at radius 3 is 2.25 bits per heavy atom. The Balaban J connectivity index is 3.79. The Bertz CT molecular complexity index is 208. The van der Waals surface area contributed by atoms with E-state index in [2.05, 4.69) is 45.3 Å². The lowest BCUT2D eigenvalue weighted by Crippen LogP contribution is -2.37. The van der Waals surface area contributed by atoms with Crippen LogP contribution < -0.4 is 10.6 Å². The van der Waals surface area contributed by atoms with Crippen molar-refractivity contribution in [1.29, 1.82) is 0 Å². The molecule has 3 nitrogen and oxygen atoms in total. The van der Waals surface area contributed by atoms with Gasteiger partial charge in [0.1, 0.15) is 0 Å². The fraction of sp³-hybridized carbons (Fsp3) is 0.923. The van der Waals surface area contributed by atoms with Gasteiger partial charge in [-0.3, -0.25) is 4.79 Å². The molecule has 0 aromatic carbocycles. The third-order valence-corrected chi connectivity index (χ3v) is 2.59. The van der Waals surface area contributed by atoms with Crippen LogP contribution >= 0.6 is 0 Å². The molecule has 0 saturated carbocycles. The van der Waals surface area contributed by atoms with Gasteiger partial charge in [-0.15, -0.1) is 0 Å². The van der Waals surface area contributed by atoms with Crippen molar-refractivity contribution in [3.8, 4) is 0 Å². The highest BCUT2D eigenvalue weighted by atomic mass is 16.1. The molecule has 16 heavy (non-hydrogen) atoms. The number of rotatable bonds is 6. The highest BCUT2D eigenvalue weighted by Gasteiger charge is 2.17. The summed E-state index contributed by atoms with van der Waals surface area (Å²) in [5.74, 6) is 0.615. The van der Waals surface area contributed by atoms with Crippen molar-refractivity contribution < 1.29 is 4.79 Å². The second kappa shape index (κ2) is 6.89. The lowest BCUT2D eigenvalue weighted by molar-refractivity contribution is -0.122. The Labute approximate surface area is 100 Å². The van der Waals surface area contributed by atoms with Crippen LogP contribution in [0.4, 0.5) is 0 Å². The fourth-order valence-corrected chi connectivity index (χ4v) is 1.88. The normalized spacial score (nSPS) is 15.6. The highest BCUT2D eigenvalue weighted by Crippen LogP contribution is 2.25. The minimum Gasteiger partial charge on any atom is -0.355 e. The number of hydrogen-bond acceptors (Lipinski definition) is 2. The molecule has 0 aromatic rings. The van der Waals surface area contributed by atoms with E-state index in [1.807, 2.05) is 7.05 Å². The van der Waals surface area contributed by atoms with Crippen molar-refractivity contribution in [2.75, 3.05) is 13.6 Å². The van der Waals surface area contributed by atoms with Gasteiger partial charge in [-0.1, -0.05) is 27.7 Å². The molecule has 0 bridgehead atoms. The molecule has 96 valence electrons. The Morgan fingerprint density at radius 1 is 1.25 bits per heavy atom. The van der Waals surface area contributed by atoms with Crippen LogP contribution in [0.1, 0.15) is 47.5 Å². The van der Waals surface area contributed by atoms with Crippen LogP contribution in [0.3, 0.4) is 0 Å². The zero-order valence-electron chi connectivity index (χ0n) is 11.7. The molecule has 0 aliphatic heterocycles. The third-order valence-electron chi connectivity index (χ3n) is 2.59. The van der Waals surface area contributed by atoms with Crippen LogP contribution in [-0.2, 0) is 4.79 Å². The first-order chi connectivity index (χ1) is 7.24. The minimum absolute atomic E-state index is 0.166. The second-order valence-corrected chi connectivity index (χ2v) is 6.07. The van der Waals surface area contributed by atoms with E-state index in [1.165, 1.54) is 0 Å². The number of carbonyl (C=O) groups excluding carboxylic acids is 1. The minimum atomic E-state index is 0.166. The molecule has 0 saturated heterocycles. The lowest BCUT2D eigenvalue weighted by atomic mass is 9.84. The summed E-state index contributed by atoms with van der Waals surface area (Å²) in [7, 11) is 1.90. The van der Waals surface area contributed by atoms with E-state index in [0.29, 0.717) is 30.3 Å². The Morgan fingerprint density at radius 2 is 1.81 bits per heavy atom. The number of carbonyl (C=O) groups is 1.